The van der Waals surface area contributed by atoms with E-state index in [1.807, 2.05) is 12.1 Å². The van der Waals surface area contributed by atoms with Crippen LogP contribution >= 0.6 is 0 Å². The molecule has 29 heavy (non-hydrogen) atoms. The fraction of sp³-hybridized carbons (Fsp3) is 0.238. The molecule has 0 aliphatic heterocycles. The molecule has 2 aromatic carbocycles. The summed E-state index contributed by atoms with van der Waals surface area (Å²) in [4.78, 5) is 24.1. The highest BCUT2D eigenvalue weighted by atomic mass is 19.4. The molecular weight excluding hydrogens is 389 g/mol. The Bertz CT molecular complexity index is 1130. The minimum absolute atomic E-state index is 0.0627. The molecule has 0 saturated heterocycles. The van der Waals surface area contributed by atoms with Gasteiger partial charge in [-0.25, -0.2) is 9.59 Å². The van der Waals surface area contributed by atoms with Gasteiger partial charge in [-0.2, -0.15) is 0 Å². The summed E-state index contributed by atoms with van der Waals surface area (Å²) in [5, 5.41) is 0.701. The third-order valence-corrected chi connectivity index (χ3v) is 4.72. The molecule has 0 radical (unpaired) electrons. The van der Waals surface area contributed by atoms with Gasteiger partial charge in [-0.1, -0.05) is 0 Å². The number of halogens is 3. The molecule has 0 unspecified atom stereocenters. The molecule has 0 bridgehead atoms. The number of hydrogen-bond acceptors (Lipinski definition) is 5. The highest BCUT2D eigenvalue weighted by Gasteiger charge is 2.31. The molecule has 3 aromatic rings. The molecule has 1 aliphatic rings. The van der Waals surface area contributed by atoms with Crippen LogP contribution in [0, 0.1) is 0 Å². The maximum Gasteiger partial charge on any atom is 0.573 e. The normalized spacial score (nSPS) is 13.3. The van der Waals surface area contributed by atoms with Crippen LogP contribution in [0.25, 0.3) is 11.0 Å². The Labute approximate surface area is 162 Å². The molecule has 1 aliphatic carbocycles. The van der Waals surface area contributed by atoms with E-state index in [2.05, 4.69) is 4.74 Å². The molecule has 0 spiro atoms. The molecule has 0 saturated carbocycles. The van der Waals surface area contributed by atoms with Crippen molar-refractivity contribution >= 4 is 16.9 Å². The second-order valence-corrected chi connectivity index (χ2v) is 6.71. The van der Waals surface area contributed by atoms with E-state index in [0.717, 1.165) is 37.0 Å². The molecule has 0 amide bonds. The summed E-state index contributed by atoms with van der Waals surface area (Å²) in [5.41, 5.74) is 2.80. The molecule has 0 atom stereocenters. The van der Waals surface area contributed by atoms with Crippen molar-refractivity contribution in [3.05, 3.63) is 75.1 Å². The number of carbonyl (C=O) groups excluding carboxylic acids is 1. The van der Waals surface area contributed by atoms with Crippen molar-refractivity contribution in [3.8, 4) is 5.75 Å². The lowest BCUT2D eigenvalue weighted by atomic mass is 10.0. The van der Waals surface area contributed by atoms with Crippen LogP contribution in [0.5, 0.6) is 5.75 Å². The highest BCUT2D eigenvalue weighted by Crippen LogP contribution is 2.29. The maximum absolute atomic E-state index is 12.2. The van der Waals surface area contributed by atoms with Gasteiger partial charge in [-0.15, -0.1) is 13.2 Å². The maximum atomic E-state index is 12.2. The monoisotopic (exact) mass is 404 g/mol. The van der Waals surface area contributed by atoms with E-state index in [0.29, 0.717) is 16.5 Å². The summed E-state index contributed by atoms with van der Waals surface area (Å²) in [5.74, 6) is -1.17. The van der Waals surface area contributed by atoms with Crippen LogP contribution in [0.2, 0.25) is 0 Å². The van der Waals surface area contributed by atoms with Gasteiger partial charge < -0.3 is 13.9 Å². The second kappa shape index (κ2) is 7.27. The molecule has 1 aromatic heterocycles. The zero-order chi connectivity index (χ0) is 20.6. The number of hydrogen-bond donors (Lipinski definition) is 0. The Morgan fingerprint density at radius 1 is 1.03 bits per heavy atom. The van der Waals surface area contributed by atoms with Gasteiger partial charge in [0.1, 0.15) is 17.9 Å². The van der Waals surface area contributed by atoms with Crippen molar-refractivity contribution < 1.29 is 31.9 Å². The van der Waals surface area contributed by atoms with E-state index in [9.17, 15) is 22.8 Å². The quantitative estimate of drug-likeness (QED) is 0.472. The first-order chi connectivity index (χ1) is 13.8. The molecular formula is C21H15F3O5. The predicted octanol–water partition coefficient (Wildman–Crippen LogP) is 4.54. The number of ether oxygens (including phenoxy) is 2. The van der Waals surface area contributed by atoms with Gasteiger partial charge in [0.15, 0.2) is 0 Å². The van der Waals surface area contributed by atoms with Crippen molar-refractivity contribution in [1.29, 1.82) is 0 Å². The van der Waals surface area contributed by atoms with Crippen LogP contribution in [0.1, 0.15) is 33.5 Å². The summed E-state index contributed by atoms with van der Waals surface area (Å²) < 4.78 is 50.9. The minimum atomic E-state index is -4.81. The SMILES string of the molecule is O=C(OCc1cc(=O)oc2cc3c(cc12)CCC3)c1ccc(OC(F)(F)F)cc1. The Morgan fingerprint density at radius 3 is 2.41 bits per heavy atom. The van der Waals surface area contributed by atoms with E-state index in [1.54, 1.807) is 0 Å². The van der Waals surface area contributed by atoms with Crippen LogP contribution in [-0.4, -0.2) is 12.3 Å². The van der Waals surface area contributed by atoms with E-state index in [4.69, 9.17) is 9.15 Å². The first kappa shape index (κ1) is 19.0. The number of carbonyl (C=O) groups is 1. The van der Waals surface area contributed by atoms with Crippen molar-refractivity contribution in [2.24, 2.45) is 0 Å². The molecule has 0 N–H and O–H groups in total. The Balaban J connectivity index is 1.52. The first-order valence-electron chi connectivity index (χ1n) is 8.90. The van der Waals surface area contributed by atoms with E-state index in [1.165, 1.54) is 23.8 Å². The zero-order valence-electron chi connectivity index (χ0n) is 15.0. The van der Waals surface area contributed by atoms with E-state index < -0.39 is 23.7 Å². The molecule has 8 heteroatoms. The topological polar surface area (TPSA) is 65.7 Å². The van der Waals surface area contributed by atoms with Gasteiger partial charge in [0, 0.05) is 17.0 Å². The summed E-state index contributed by atoms with van der Waals surface area (Å²) in [6.07, 6.45) is -1.90. The van der Waals surface area contributed by atoms with Crippen molar-refractivity contribution in [2.45, 2.75) is 32.2 Å². The largest absolute Gasteiger partial charge is 0.573 e. The van der Waals surface area contributed by atoms with Gasteiger partial charge in [0.2, 0.25) is 0 Å². The first-order valence-corrected chi connectivity index (χ1v) is 8.90. The lowest BCUT2D eigenvalue weighted by Crippen LogP contribution is -2.17. The lowest BCUT2D eigenvalue weighted by molar-refractivity contribution is -0.274. The highest BCUT2D eigenvalue weighted by molar-refractivity contribution is 5.90. The van der Waals surface area contributed by atoms with Crippen LogP contribution in [0.3, 0.4) is 0 Å². The average molecular weight is 404 g/mol. The van der Waals surface area contributed by atoms with Crippen molar-refractivity contribution in [1.82, 2.24) is 0 Å². The Kier molecular flexibility index (Phi) is 4.77. The smallest absolute Gasteiger partial charge is 0.457 e. The number of aryl methyl sites for hydroxylation is 2. The average Bonchev–Trinajstić information content (AvgIpc) is 3.10. The number of alkyl halides is 3. The van der Waals surface area contributed by atoms with Gasteiger partial charge in [-0.05, 0) is 66.8 Å². The van der Waals surface area contributed by atoms with Crippen LogP contribution in [0.15, 0.2) is 51.7 Å². The summed E-state index contributed by atoms with van der Waals surface area (Å²) in [7, 11) is 0. The fourth-order valence-corrected chi connectivity index (χ4v) is 3.43. The third kappa shape index (κ3) is 4.26. The van der Waals surface area contributed by atoms with E-state index >= 15 is 0 Å². The van der Waals surface area contributed by atoms with Crippen molar-refractivity contribution in [3.63, 3.8) is 0 Å². The number of esters is 1. The molecule has 4 rings (SSSR count). The standard InChI is InChI=1S/C21H15F3O5/c22-21(23,24)29-16-6-4-12(5-7-16)20(26)27-11-15-10-19(25)28-18-9-14-3-1-2-13(14)8-17(15)18/h4-10H,1-3,11H2. The molecule has 150 valence electrons. The number of rotatable bonds is 4. The molecule has 5 nitrogen and oxygen atoms in total. The van der Waals surface area contributed by atoms with Crippen LogP contribution in [0.4, 0.5) is 13.2 Å². The van der Waals surface area contributed by atoms with Crippen molar-refractivity contribution in [2.75, 3.05) is 0 Å². The van der Waals surface area contributed by atoms with Gasteiger partial charge >= 0.3 is 18.0 Å². The summed E-state index contributed by atoms with van der Waals surface area (Å²) in [6.45, 7) is -0.166. The molecule has 0 fully saturated rings. The molecule has 1 heterocycles. The lowest BCUT2D eigenvalue weighted by Gasteiger charge is -2.10. The summed E-state index contributed by atoms with van der Waals surface area (Å²) in [6, 6.07) is 9.48. The zero-order valence-corrected chi connectivity index (χ0v) is 15.0. The third-order valence-electron chi connectivity index (χ3n) is 4.72. The summed E-state index contributed by atoms with van der Waals surface area (Å²) >= 11 is 0. The van der Waals surface area contributed by atoms with Crippen LogP contribution in [-0.2, 0) is 24.2 Å². The van der Waals surface area contributed by atoms with Crippen LogP contribution < -0.4 is 10.4 Å². The Morgan fingerprint density at radius 2 is 1.72 bits per heavy atom. The second-order valence-electron chi connectivity index (χ2n) is 6.71. The number of benzene rings is 2. The van der Waals surface area contributed by atoms with Gasteiger partial charge in [-0.3, -0.25) is 0 Å². The predicted molar refractivity (Wildman–Crippen MR) is 96.8 cm³/mol. The Hall–Kier alpha value is -3.29. The minimum Gasteiger partial charge on any atom is -0.457 e. The fourth-order valence-electron chi connectivity index (χ4n) is 3.43. The van der Waals surface area contributed by atoms with Gasteiger partial charge in [0.05, 0.1) is 5.56 Å². The van der Waals surface area contributed by atoms with E-state index in [-0.39, 0.29) is 12.2 Å². The number of fused-ring (bicyclic) bond motifs is 2. The van der Waals surface area contributed by atoms with Gasteiger partial charge in [0.25, 0.3) is 0 Å².